The number of nitrogens with zero attached hydrogens (tertiary/aromatic N) is 1. The highest BCUT2D eigenvalue weighted by Gasteiger charge is 2.32. The van der Waals surface area contributed by atoms with Gasteiger partial charge in [0, 0.05) is 6.54 Å². The van der Waals surface area contributed by atoms with Crippen LogP contribution in [0.1, 0.15) is 26.3 Å². The highest BCUT2D eigenvalue weighted by molar-refractivity contribution is 8.26. The van der Waals surface area contributed by atoms with Crippen LogP contribution in [0.25, 0.3) is 6.08 Å². The molecule has 1 amide bonds. The molecule has 1 saturated heterocycles. The van der Waals surface area contributed by atoms with E-state index in [0.29, 0.717) is 34.0 Å². The van der Waals surface area contributed by atoms with E-state index in [1.165, 1.54) is 11.8 Å². The number of carbonyl (C=O) groups excluding carboxylic acids is 1. The Morgan fingerprint density at radius 1 is 1.45 bits per heavy atom. The average Bonchev–Trinajstić information content (AvgIpc) is 2.70. The molecule has 0 bridgehead atoms. The van der Waals surface area contributed by atoms with Gasteiger partial charge < -0.3 is 9.84 Å². The molecule has 0 aliphatic carbocycles. The fourth-order valence-corrected chi connectivity index (χ4v) is 3.34. The molecular weight excluding hydrogens is 318 g/mol. The van der Waals surface area contributed by atoms with Crippen LogP contribution in [0, 0.1) is 5.92 Å². The smallest absolute Gasteiger partial charge is 0.266 e. The predicted octanol–water partition coefficient (Wildman–Crippen LogP) is 3.65. The summed E-state index contributed by atoms with van der Waals surface area (Å²) in [5, 5.41) is 9.72. The van der Waals surface area contributed by atoms with Crippen molar-refractivity contribution in [2.75, 3.05) is 13.2 Å². The van der Waals surface area contributed by atoms with Crippen LogP contribution in [0.2, 0.25) is 0 Å². The van der Waals surface area contributed by atoms with Crippen LogP contribution >= 0.6 is 24.0 Å². The Morgan fingerprint density at radius 2 is 2.18 bits per heavy atom. The number of hydrogen-bond donors (Lipinski definition) is 1. The van der Waals surface area contributed by atoms with Crippen molar-refractivity contribution in [2.45, 2.75) is 20.8 Å². The van der Waals surface area contributed by atoms with Crippen LogP contribution < -0.4 is 4.74 Å². The predicted molar refractivity (Wildman–Crippen MR) is 94.0 cm³/mol. The first-order valence-electron chi connectivity index (χ1n) is 7.13. The van der Waals surface area contributed by atoms with E-state index in [9.17, 15) is 9.90 Å². The SMILES string of the molecule is CCOc1cc(C=C2SC(=S)N(CC(C)C)C2=O)ccc1O. The third-order valence-electron chi connectivity index (χ3n) is 3.00. The normalized spacial score (nSPS) is 16.9. The summed E-state index contributed by atoms with van der Waals surface area (Å²) in [6.07, 6.45) is 1.78. The summed E-state index contributed by atoms with van der Waals surface area (Å²) in [5.41, 5.74) is 0.797. The Kier molecular flexibility index (Phi) is 5.47. The minimum Gasteiger partial charge on any atom is -0.504 e. The van der Waals surface area contributed by atoms with Crippen LogP contribution in [-0.2, 0) is 4.79 Å². The number of hydrogen-bond acceptors (Lipinski definition) is 5. The average molecular weight is 337 g/mol. The van der Waals surface area contributed by atoms with Crippen LogP contribution in [0.3, 0.4) is 0 Å². The molecule has 1 aliphatic heterocycles. The van der Waals surface area contributed by atoms with E-state index < -0.39 is 0 Å². The van der Waals surface area contributed by atoms with Crippen LogP contribution in [0.4, 0.5) is 0 Å². The molecule has 6 heteroatoms. The first kappa shape index (κ1) is 16.8. The number of thiocarbonyl (C=S) groups is 1. The van der Waals surface area contributed by atoms with Crippen LogP contribution in [0.5, 0.6) is 11.5 Å². The molecule has 0 saturated carbocycles. The van der Waals surface area contributed by atoms with Crippen LogP contribution in [-0.4, -0.2) is 33.4 Å². The fraction of sp³-hybridized carbons (Fsp3) is 0.375. The second-order valence-corrected chi connectivity index (χ2v) is 7.02. The zero-order chi connectivity index (χ0) is 16.3. The number of rotatable bonds is 5. The van der Waals surface area contributed by atoms with Gasteiger partial charge in [0.1, 0.15) is 4.32 Å². The number of carbonyl (C=O) groups is 1. The van der Waals surface area contributed by atoms with Gasteiger partial charge in [-0.1, -0.05) is 43.9 Å². The second kappa shape index (κ2) is 7.15. The summed E-state index contributed by atoms with van der Waals surface area (Å²) < 4.78 is 5.95. The van der Waals surface area contributed by atoms with E-state index in [1.54, 1.807) is 29.2 Å². The molecule has 1 aliphatic rings. The number of aromatic hydroxyl groups is 1. The number of ether oxygens (including phenoxy) is 1. The topological polar surface area (TPSA) is 49.8 Å². The minimum atomic E-state index is -0.0604. The molecule has 0 unspecified atom stereocenters. The lowest BCUT2D eigenvalue weighted by molar-refractivity contribution is -0.122. The lowest BCUT2D eigenvalue weighted by Gasteiger charge is -2.16. The van der Waals surface area contributed by atoms with Crippen molar-refractivity contribution >= 4 is 40.3 Å². The van der Waals surface area contributed by atoms with E-state index in [-0.39, 0.29) is 11.7 Å². The molecular formula is C16H19NO3S2. The number of phenols is 1. The van der Waals surface area contributed by atoms with Gasteiger partial charge >= 0.3 is 0 Å². The maximum Gasteiger partial charge on any atom is 0.266 e. The number of amides is 1. The highest BCUT2D eigenvalue weighted by Crippen LogP contribution is 2.34. The molecule has 0 aromatic heterocycles. The van der Waals surface area contributed by atoms with Crippen molar-refractivity contribution in [3.63, 3.8) is 0 Å². The summed E-state index contributed by atoms with van der Waals surface area (Å²) in [4.78, 5) is 14.6. The van der Waals surface area contributed by atoms with Crippen molar-refractivity contribution < 1.29 is 14.6 Å². The molecule has 0 atom stereocenters. The number of phenolic OH excluding ortho intramolecular Hbond substituents is 1. The Morgan fingerprint density at radius 3 is 2.82 bits per heavy atom. The van der Waals surface area contributed by atoms with Gasteiger partial charge in [0.05, 0.1) is 11.5 Å². The van der Waals surface area contributed by atoms with Gasteiger partial charge in [0.2, 0.25) is 0 Å². The Labute approximate surface area is 140 Å². The van der Waals surface area contributed by atoms with Crippen molar-refractivity contribution in [3.05, 3.63) is 28.7 Å². The third-order valence-corrected chi connectivity index (χ3v) is 4.38. The summed E-state index contributed by atoms with van der Waals surface area (Å²) in [5.74, 6) is 0.801. The molecule has 1 N–H and O–H groups in total. The van der Waals surface area contributed by atoms with Gasteiger partial charge in [-0.05, 0) is 36.6 Å². The van der Waals surface area contributed by atoms with E-state index in [0.717, 1.165) is 5.56 Å². The maximum absolute atomic E-state index is 12.4. The van der Waals surface area contributed by atoms with Gasteiger partial charge in [0.25, 0.3) is 5.91 Å². The number of benzene rings is 1. The Balaban J connectivity index is 2.25. The van der Waals surface area contributed by atoms with Crippen molar-refractivity contribution in [1.29, 1.82) is 0 Å². The third kappa shape index (κ3) is 3.81. The first-order chi connectivity index (χ1) is 10.4. The molecule has 4 nitrogen and oxygen atoms in total. The molecule has 22 heavy (non-hydrogen) atoms. The molecule has 2 rings (SSSR count). The minimum absolute atomic E-state index is 0.0604. The van der Waals surface area contributed by atoms with Gasteiger partial charge in [0.15, 0.2) is 11.5 Å². The van der Waals surface area contributed by atoms with Crippen molar-refractivity contribution in [2.24, 2.45) is 5.92 Å². The Bertz CT molecular complexity index is 626. The highest BCUT2D eigenvalue weighted by atomic mass is 32.2. The molecule has 1 fully saturated rings. The van der Waals surface area contributed by atoms with E-state index in [2.05, 4.69) is 13.8 Å². The standard InChI is InChI=1S/C16H19NO3S2/c1-4-20-13-7-11(5-6-12(13)18)8-14-15(19)17(9-10(2)3)16(21)22-14/h5-8,10,18H,4,9H2,1-3H3. The monoisotopic (exact) mass is 337 g/mol. The number of thioether (sulfide) groups is 1. The van der Waals surface area contributed by atoms with Gasteiger partial charge in [-0.2, -0.15) is 0 Å². The molecule has 1 aromatic carbocycles. The summed E-state index contributed by atoms with van der Waals surface area (Å²) in [6, 6.07) is 5.02. The Hall–Kier alpha value is -1.53. The summed E-state index contributed by atoms with van der Waals surface area (Å²) in [7, 11) is 0. The maximum atomic E-state index is 12.4. The van der Waals surface area contributed by atoms with E-state index in [4.69, 9.17) is 17.0 Å². The molecule has 1 heterocycles. The van der Waals surface area contributed by atoms with E-state index >= 15 is 0 Å². The lowest BCUT2D eigenvalue weighted by Crippen LogP contribution is -2.31. The van der Waals surface area contributed by atoms with Gasteiger partial charge in [-0.3, -0.25) is 9.69 Å². The largest absolute Gasteiger partial charge is 0.504 e. The zero-order valence-electron chi connectivity index (χ0n) is 12.8. The first-order valence-corrected chi connectivity index (χ1v) is 8.36. The second-order valence-electron chi connectivity index (χ2n) is 5.35. The van der Waals surface area contributed by atoms with E-state index in [1.807, 2.05) is 6.92 Å². The molecule has 1 aromatic rings. The zero-order valence-corrected chi connectivity index (χ0v) is 14.5. The van der Waals surface area contributed by atoms with Crippen molar-refractivity contribution in [1.82, 2.24) is 4.90 Å². The summed E-state index contributed by atoms with van der Waals surface area (Å²) >= 11 is 6.59. The molecule has 0 spiro atoms. The summed E-state index contributed by atoms with van der Waals surface area (Å²) in [6.45, 7) is 7.05. The lowest BCUT2D eigenvalue weighted by atomic mass is 10.1. The van der Waals surface area contributed by atoms with Gasteiger partial charge in [-0.25, -0.2) is 0 Å². The fourth-order valence-electron chi connectivity index (χ4n) is 2.07. The van der Waals surface area contributed by atoms with Crippen molar-refractivity contribution in [3.8, 4) is 11.5 Å². The van der Waals surface area contributed by atoms with Crippen LogP contribution in [0.15, 0.2) is 23.1 Å². The molecule has 0 radical (unpaired) electrons. The van der Waals surface area contributed by atoms with Gasteiger partial charge in [-0.15, -0.1) is 0 Å². The molecule has 118 valence electrons. The quantitative estimate of drug-likeness (QED) is 0.656.